The molecule has 1 N–H and O–H groups in total. The van der Waals surface area contributed by atoms with Crippen LogP contribution in [0.4, 0.5) is 4.39 Å². The predicted molar refractivity (Wildman–Crippen MR) is 120 cm³/mol. The van der Waals surface area contributed by atoms with Crippen LogP contribution in [0.1, 0.15) is 27.9 Å². The Morgan fingerprint density at radius 1 is 1.03 bits per heavy atom. The first kappa shape index (κ1) is 24.2. The molecule has 172 valence electrons. The normalized spacial score (nSPS) is 14.5. The van der Waals surface area contributed by atoms with Crippen molar-refractivity contribution in [1.82, 2.24) is 14.5 Å². The number of hydrogen-bond acceptors (Lipinski definition) is 4. The summed E-state index contributed by atoms with van der Waals surface area (Å²) in [6, 6.07) is 8.98. The summed E-state index contributed by atoms with van der Waals surface area (Å²) < 4.78 is 41.5. The number of nitrogens with zero attached hydrogens (tertiary/aromatic N) is 2. The van der Waals surface area contributed by atoms with Gasteiger partial charge in [0.1, 0.15) is 5.82 Å². The van der Waals surface area contributed by atoms with Crippen molar-refractivity contribution in [2.24, 2.45) is 0 Å². The molecule has 0 unspecified atom stereocenters. The molecule has 1 fully saturated rings. The van der Waals surface area contributed by atoms with Crippen LogP contribution in [0.5, 0.6) is 0 Å². The van der Waals surface area contributed by atoms with Gasteiger partial charge in [-0.05, 0) is 49.2 Å². The van der Waals surface area contributed by atoms with Gasteiger partial charge in [0.15, 0.2) is 0 Å². The SMILES string of the molecule is Cc1ccc(C)c(S(=O)(=O)NCCC(=O)N2CCN(C(=O)c3cc(Cl)ccc3F)CC2)c1. The predicted octanol–water partition coefficient (Wildman–Crippen LogP) is 2.75. The molecule has 0 radical (unpaired) electrons. The molecule has 0 spiro atoms. The molecule has 0 aliphatic carbocycles. The zero-order valence-electron chi connectivity index (χ0n) is 17.9. The zero-order chi connectivity index (χ0) is 23.5. The van der Waals surface area contributed by atoms with Gasteiger partial charge in [-0.25, -0.2) is 17.5 Å². The lowest BCUT2D eigenvalue weighted by Crippen LogP contribution is -2.51. The van der Waals surface area contributed by atoms with Gasteiger partial charge >= 0.3 is 0 Å². The Bertz CT molecular complexity index is 1130. The van der Waals surface area contributed by atoms with Crippen LogP contribution in [0.3, 0.4) is 0 Å². The molecule has 10 heteroatoms. The van der Waals surface area contributed by atoms with E-state index in [0.29, 0.717) is 5.56 Å². The van der Waals surface area contributed by atoms with E-state index < -0.39 is 21.7 Å². The third-order valence-electron chi connectivity index (χ3n) is 5.34. The van der Waals surface area contributed by atoms with Crippen LogP contribution < -0.4 is 4.72 Å². The van der Waals surface area contributed by atoms with Gasteiger partial charge in [-0.1, -0.05) is 23.7 Å². The molecule has 1 aliphatic rings. The average molecular weight is 482 g/mol. The topological polar surface area (TPSA) is 86.8 Å². The highest BCUT2D eigenvalue weighted by Gasteiger charge is 2.26. The fraction of sp³-hybridized carbons (Fsp3) is 0.364. The number of amides is 2. The minimum absolute atomic E-state index is 0.000953. The molecule has 2 aromatic carbocycles. The second-order valence-corrected chi connectivity index (χ2v) is 9.89. The second kappa shape index (κ2) is 9.97. The highest BCUT2D eigenvalue weighted by atomic mass is 35.5. The van der Waals surface area contributed by atoms with Gasteiger partial charge in [-0.3, -0.25) is 9.59 Å². The Balaban J connectivity index is 1.51. The molecule has 0 atom stereocenters. The van der Waals surface area contributed by atoms with Crippen molar-refractivity contribution in [1.29, 1.82) is 0 Å². The van der Waals surface area contributed by atoms with Gasteiger partial charge in [0.2, 0.25) is 15.9 Å². The van der Waals surface area contributed by atoms with Crippen LogP contribution in [-0.2, 0) is 14.8 Å². The van der Waals surface area contributed by atoms with Gasteiger partial charge in [-0.15, -0.1) is 0 Å². The first-order valence-corrected chi connectivity index (χ1v) is 12.0. The van der Waals surface area contributed by atoms with Crippen molar-refractivity contribution in [3.63, 3.8) is 0 Å². The van der Waals surface area contributed by atoms with E-state index in [1.807, 2.05) is 13.0 Å². The number of benzene rings is 2. The molecule has 1 aliphatic heterocycles. The lowest BCUT2D eigenvalue weighted by Gasteiger charge is -2.35. The number of halogens is 2. The largest absolute Gasteiger partial charge is 0.339 e. The van der Waals surface area contributed by atoms with Gasteiger partial charge in [0.25, 0.3) is 5.91 Å². The molecule has 0 bridgehead atoms. The molecule has 1 saturated heterocycles. The molecule has 32 heavy (non-hydrogen) atoms. The summed E-state index contributed by atoms with van der Waals surface area (Å²) in [5, 5.41) is 0.270. The maximum atomic E-state index is 14.0. The molecule has 1 heterocycles. The second-order valence-electron chi connectivity index (χ2n) is 7.71. The number of carbonyl (C=O) groups is 2. The molecule has 0 aromatic heterocycles. The van der Waals surface area contributed by atoms with Crippen LogP contribution in [-0.4, -0.2) is 62.8 Å². The van der Waals surface area contributed by atoms with Crippen LogP contribution in [0.2, 0.25) is 5.02 Å². The Labute approximate surface area is 192 Å². The minimum atomic E-state index is -3.72. The Kier molecular flexibility index (Phi) is 7.53. The number of nitrogens with one attached hydrogen (secondary N) is 1. The smallest absolute Gasteiger partial charge is 0.257 e. The first-order chi connectivity index (χ1) is 15.1. The van der Waals surface area contributed by atoms with Crippen molar-refractivity contribution >= 4 is 33.4 Å². The summed E-state index contributed by atoms with van der Waals surface area (Å²) in [6.07, 6.45) is 0.000953. The van der Waals surface area contributed by atoms with Crippen molar-refractivity contribution in [3.05, 3.63) is 63.9 Å². The molecule has 3 rings (SSSR count). The summed E-state index contributed by atoms with van der Waals surface area (Å²) >= 11 is 5.86. The first-order valence-electron chi connectivity index (χ1n) is 10.2. The summed E-state index contributed by atoms with van der Waals surface area (Å²) in [5.41, 5.74) is 1.36. The monoisotopic (exact) mass is 481 g/mol. The van der Waals surface area contributed by atoms with E-state index in [1.165, 1.54) is 17.0 Å². The van der Waals surface area contributed by atoms with Crippen molar-refractivity contribution in [2.75, 3.05) is 32.7 Å². The summed E-state index contributed by atoms with van der Waals surface area (Å²) in [7, 11) is -3.72. The van der Waals surface area contributed by atoms with E-state index in [0.717, 1.165) is 11.6 Å². The molecule has 2 aromatic rings. The zero-order valence-corrected chi connectivity index (χ0v) is 19.5. The molecule has 2 amide bonds. The molecular weight excluding hydrogens is 457 g/mol. The maximum Gasteiger partial charge on any atom is 0.257 e. The van der Waals surface area contributed by atoms with E-state index in [4.69, 9.17) is 11.6 Å². The Hall–Kier alpha value is -2.49. The summed E-state index contributed by atoms with van der Waals surface area (Å²) in [5.74, 6) is -1.33. The third kappa shape index (κ3) is 5.65. The van der Waals surface area contributed by atoms with Crippen molar-refractivity contribution in [2.45, 2.75) is 25.2 Å². The number of carbonyl (C=O) groups excluding carboxylic acids is 2. The Morgan fingerprint density at radius 3 is 2.38 bits per heavy atom. The van der Waals surface area contributed by atoms with E-state index >= 15 is 0 Å². The number of piperazine rings is 1. The lowest BCUT2D eigenvalue weighted by atomic mass is 10.1. The van der Waals surface area contributed by atoms with Crippen molar-refractivity contribution < 1.29 is 22.4 Å². The van der Waals surface area contributed by atoms with Crippen molar-refractivity contribution in [3.8, 4) is 0 Å². The molecular formula is C22H25ClFN3O4S. The van der Waals surface area contributed by atoms with Crippen LogP contribution >= 0.6 is 11.6 Å². The summed E-state index contributed by atoms with van der Waals surface area (Å²) in [4.78, 5) is 28.3. The number of rotatable bonds is 6. The average Bonchev–Trinajstić information content (AvgIpc) is 2.76. The van der Waals surface area contributed by atoms with E-state index in [-0.39, 0.29) is 60.5 Å². The number of sulfonamides is 1. The van der Waals surface area contributed by atoms with E-state index in [9.17, 15) is 22.4 Å². The van der Waals surface area contributed by atoms with Crippen LogP contribution in [0.15, 0.2) is 41.3 Å². The molecule has 7 nitrogen and oxygen atoms in total. The highest BCUT2D eigenvalue weighted by Crippen LogP contribution is 2.19. The fourth-order valence-corrected chi connectivity index (χ4v) is 5.05. The van der Waals surface area contributed by atoms with Gasteiger partial charge < -0.3 is 9.80 Å². The summed E-state index contributed by atoms with van der Waals surface area (Å²) in [6.45, 7) is 4.59. The third-order valence-corrected chi connectivity index (χ3v) is 7.18. The van der Waals surface area contributed by atoms with Gasteiger partial charge in [0.05, 0.1) is 10.5 Å². The molecule has 0 saturated carbocycles. The van der Waals surface area contributed by atoms with Crippen LogP contribution in [0.25, 0.3) is 0 Å². The lowest BCUT2D eigenvalue weighted by molar-refractivity contribution is -0.132. The standard InChI is InChI=1S/C22H25ClFN3O4S/c1-15-3-4-16(2)20(13-15)32(30,31)25-8-7-21(28)26-9-11-27(12-10-26)22(29)18-14-17(23)5-6-19(18)24/h3-6,13-14,25H,7-12H2,1-2H3. The van der Waals surface area contributed by atoms with E-state index in [1.54, 1.807) is 24.0 Å². The van der Waals surface area contributed by atoms with Gasteiger partial charge in [0, 0.05) is 44.2 Å². The van der Waals surface area contributed by atoms with Gasteiger partial charge in [-0.2, -0.15) is 0 Å². The quantitative estimate of drug-likeness (QED) is 0.687. The number of aryl methyl sites for hydroxylation is 2. The Morgan fingerprint density at radius 2 is 1.69 bits per heavy atom. The minimum Gasteiger partial charge on any atom is -0.339 e. The van der Waals surface area contributed by atoms with Crippen LogP contribution in [0, 0.1) is 19.7 Å². The van der Waals surface area contributed by atoms with E-state index in [2.05, 4.69) is 4.72 Å². The number of hydrogen-bond donors (Lipinski definition) is 1. The maximum absolute atomic E-state index is 14.0. The fourth-order valence-electron chi connectivity index (χ4n) is 3.52. The highest BCUT2D eigenvalue weighted by molar-refractivity contribution is 7.89.